The van der Waals surface area contributed by atoms with E-state index in [1.54, 1.807) is 23.9 Å². The van der Waals surface area contributed by atoms with Gasteiger partial charge >= 0.3 is 0 Å². The molecule has 0 fully saturated rings. The third kappa shape index (κ3) is 2.47. The van der Waals surface area contributed by atoms with Crippen LogP contribution in [0.25, 0.3) is 0 Å². The molecule has 0 saturated heterocycles. The number of hydrogen-bond acceptors (Lipinski definition) is 2. The maximum absolute atomic E-state index is 14.1. The fraction of sp³-hybridized carbons (Fsp3) is 0.538. The number of aryl methyl sites for hydroxylation is 1. The van der Waals surface area contributed by atoms with Crippen molar-refractivity contribution in [1.82, 2.24) is 5.32 Å². The van der Waals surface area contributed by atoms with E-state index in [4.69, 9.17) is 0 Å². The van der Waals surface area contributed by atoms with E-state index < -0.39 is 12.0 Å². The van der Waals surface area contributed by atoms with E-state index in [2.05, 4.69) is 5.32 Å². The van der Waals surface area contributed by atoms with Gasteiger partial charge in [-0.05, 0) is 37.6 Å². The Morgan fingerprint density at radius 3 is 2.94 bits per heavy atom. The molecule has 0 amide bonds. The third-order valence-corrected chi connectivity index (χ3v) is 4.25. The predicted octanol–water partition coefficient (Wildman–Crippen LogP) is 3.42. The quantitative estimate of drug-likeness (QED) is 0.887. The van der Waals surface area contributed by atoms with Crippen molar-refractivity contribution in [3.8, 4) is 0 Å². The second kappa shape index (κ2) is 4.94. The number of nitrogens with one attached hydrogen (secondary N) is 1. The molecule has 1 atom stereocenters. The summed E-state index contributed by atoms with van der Waals surface area (Å²) in [4.78, 5) is 1.15. The third-order valence-electron chi connectivity index (χ3n) is 3.13. The van der Waals surface area contributed by atoms with Crippen LogP contribution < -0.4 is 5.32 Å². The fourth-order valence-electron chi connectivity index (χ4n) is 2.08. The molecule has 17 heavy (non-hydrogen) atoms. The molecule has 0 saturated carbocycles. The second-order valence-electron chi connectivity index (χ2n) is 4.32. The van der Waals surface area contributed by atoms with Gasteiger partial charge in [-0.2, -0.15) is 8.78 Å². The van der Waals surface area contributed by atoms with Crippen LogP contribution in [0.15, 0.2) is 23.1 Å². The predicted molar refractivity (Wildman–Crippen MR) is 67.9 cm³/mol. The van der Waals surface area contributed by atoms with Gasteiger partial charge in [-0.3, -0.25) is 0 Å². The Balaban J connectivity index is 2.26. The summed E-state index contributed by atoms with van der Waals surface area (Å²) in [6.45, 7) is 3.93. The van der Waals surface area contributed by atoms with Crippen molar-refractivity contribution in [1.29, 1.82) is 0 Å². The normalized spacial score (nSPS) is 16.9. The minimum atomic E-state index is -2.81. The first kappa shape index (κ1) is 12.8. The van der Waals surface area contributed by atoms with Crippen molar-refractivity contribution in [2.45, 2.75) is 37.1 Å². The van der Waals surface area contributed by atoms with E-state index in [9.17, 15) is 8.78 Å². The lowest BCUT2D eigenvalue weighted by Crippen LogP contribution is -2.40. The summed E-state index contributed by atoms with van der Waals surface area (Å²) >= 11 is 1.75. The smallest absolute Gasteiger partial charge is 0.287 e. The highest BCUT2D eigenvalue weighted by molar-refractivity contribution is 7.99. The van der Waals surface area contributed by atoms with Crippen LogP contribution in [-0.2, 0) is 12.3 Å². The molecule has 4 heteroatoms. The number of benzene rings is 1. The van der Waals surface area contributed by atoms with Gasteiger partial charge in [0.2, 0.25) is 0 Å². The molecule has 0 bridgehead atoms. The van der Waals surface area contributed by atoms with E-state index in [1.165, 1.54) is 6.92 Å². The van der Waals surface area contributed by atoms with E-state index in [-0.39, 0.29) is 5.56 Å². The average molecular weight is 257 g/mol. The SMILES string of the molecule is CCNC(C)C(F)(F)c1ccc2c(c1)CCS2. The van der Waals surface area contributed by atoms with E-state index in [0.29, 0.717) is 6.54 Å². The summed E-state index contributed by atoms with van der Waals surface area (Å²) < 4.78 is 28.3. The van der Waals surface area contributed by atoms with E-state index in [0.717, 1.165) is 22.6 Å². The summed E-state index contributed by atoms with van der Waals surface area (Å²) in [5.41, 5.74) is 1.20. The molecule has 0 spiro atoms. The van der Waals surface area contributed by atoms with Crippen LogP contribution in [0.1, 0.15) is 25.0 Å². The Labute approximate surface area is 105 Å². The summed E-state index contributed by atoms with van der Waals surface area (Å²) in [6, 6.07) is 4.22. The number of fused-ring (bicyclic) bond motifs is 1. The molecule has 1 unspecified atom stereocenters. The Hall–Kier alpha value is -0.610. The minimum absolute atomic E-state index is 0.132. The minimum Gasteiger partial charge on any atom is -0.309 e. The zero-order valence-electron chi connectivity index (χ0n) is 10.1. The van der Waals surface area contributed by atoms with Crippen LogP contribution in [0.3, 0.4) is 0 Å². The number of rotatable bonds is 4. The molecule has 94 valence electrons. The first-order chi connectivity index (χ1) is 8.05. The van der Waals surface area contributed by atoms with Gasteiger partial charge in [0.15, 0.2) is 0 Å². The molecule has 2 rings (SSSR count). The fourth-order valence-corrected chi connectivity index (χ4v) is 3.13. The molecular formula is C13H17F2NS. The standard InChI is InChI=1S/C13H17F2NS/c1-3-16-9(2)13(14,15)11-4-5-12-10(8-11)6-7-17-12/h4-5,8-9,16H,3,6-7H2,1-2H3. The van der Waals surface area contributed by atoms with Gasteiger partial charge in [0.25, 0.3) is 5.92 Å². The van der Waals surface area contributed by atoms with Gasteiger partial charge in [0.05, 0.1) is 6.04 Å². The van der Waals surface area contributed by atoms with Gasteiger partial charge in [0, 0.05) is 16.2 Å². The zero-order chi connectivity index (χ0) is 12.5. The van der Waals surface area contributed by atoms with Crippen LogP contribution in [0, 0.1) is 0 Å². The van der Waals surface area contributed by atoms with Gasteiger partial charge in [-0.15, -0.1) is 11.8 Å². The topological polar surface area (TPSA) is 12.0 Å². The van der Waals surface area contributed by atoms with Crippen molar-refractivity contribution in [3.05, 3.63) is 29.3 Å². The first-order valence-electron chi connectivity index (χ1n) is 5.93. The largest absolute Gasteiger partial charge is 0.309 e. The highest BCUT2D eigenvalue weighted by atomic mass is 32.2. The Morgan fingerprint density at radius 2 is 2.24 bits per heavy atom. The van der Waals surface area contributed by atoms with Crippen molar-refractivity contribution in [2.24, 2.45) is 0 Å². The van der Waals surface area contributed by atoms with Crippen LogP contribution in [0.5, 0.6) is 0 Å². The first-order valence-corrected chi connectivity index (χ1v) is 6.91. The van der Waals surface area contributed by atoms with Crippen LogP contribution in [0.2, 0.25) is 0 Å². The molecule has 1 nitrogen and oxygen atoms in total. The molecule has 0 aliphatic carbocycles. The van der Waals surface area contributed by atoms with E-state index in [1.807, 2.05) is 13.0 Å². The molecular weight excluding hydrogens is 240 g/mol. The summed E-state index contributed by atoms with van der Waals surface area (Å²) in [7, 11) is 0. The number of thioether (sulfide) groups is 1. The van der Waals surface area contributed by atoms with E-state index >= 15 is 0 Å². The highest BCUT2D eigenvalue weighted by Gasteiger charge is 2.38. The van der Waals surface area contributed by atoms with Crippen molar-refractivity contribution >= 4 is 11.8 Å². The molecule has 1 aliphatic rings. The molecule has 1 aliphatic heterocycles. The molecule has 1 aromatic rings. The summed E-state index contributed by atoms with van der Waals surface area (Å²) in [5.74, 6) is -1.80. The van der Waals surface area contributed by atoms with Gasteiger partial charge in [-0.1, -0.05) is 13.0 Å². The maximum atomic E-state index is 14.1. The van der Waals surface area contributed by atoms with Crippen LogP contribution >= 0.6 is 11.8 Å². The Kier molecular flexibility index (Phi) is 3.73. The Bertz CT molecular complexity index is 406. The lowest BCUT2D eigenvalue weighted by molar-refractivity contribution is -0.0372. The lowest BCUT2D eigenvalue weighted by atomic mass is 9.99. The van der Waals surface area contributed by atoms with Crippen molar-refractivity contribution in [3.63, 3.8) is 0 Å². The highest BCUT2D eigenvalue weighted by Crippen LogP contribution is 2.37. The molecule has 0 radical (unpaired) electrons. The molecule has 1 aromatic carbocycles. The van der Waals surface area contributed by atoms with Crippen LogP contribution in [-0.4, -0.2) is 18.3 Å². The van der Waals surface area contributed by atoms with Gasteiger partial charge in [-0.25, -0.2) is 0 Å². The number of likely N-dealkylation sites (N-methyl/N-ethyl adjacent to an activating group) is 1. The molecule has 1 heterocycles. The lowest BCUT2D eigenvalue weighted by Gasteiger charge is -2.25. The summed E-state index contributed by atoms with van der Waals surface area (Å²) in [6.07, 6.45) is 0.902. The second-order valence-corrected chi connectivity index (χ2v) is 5.46. The molecule has 0 aromatic heterocycles. The number of hydrogen-bond donors (Lipinski definition) is 1. The number of alkyl halides is 2. The Morgan fingerprint density at radius 1 is 1.47 bits per heavy atom. The van der Waals surface area contributed by atoms with Crippen molar-refractivity contribution < 1.29 is 8.78 Å². The monoisotopic (exact) mass is 257 g/mol. The van der Waals surface area contributed by atoms with Gasteiger partial charge in [0.1, 0.15) is 0 Å². The maximum Gasteiger partial charge on any atom is 0.287 e. The van der Waals surface area contributed by atoms with Crippen molar-refractivity contribution in [2.75, 3.05) is 12.3 Å². The summed E-state index contributed by atoms with van der Waals surface area (Å²) in [5, 5.41) is 2.80. The number of halogens is 2. The zero-order valence-corrected chi connectivity index (χ0v) is 10.9. The average Bonchev–Trinajstić information content (AvgIpc) is 2.76. The van der Waals surface area contributed by atoms with Gasteiger partial charge < -0.3 is 5.32 Å². The van der Waals surface area contributed by atoms with Crippen LogP contribution in [0.4, 0.5) is 8.78 Å². The molecule has 1 N–H and O–H groups in total.